The maximum atomic E-state index is 12.9. The number of hydrogen-bond acceptors (Lipinski definition) is 10. The van der Waals surface area contributed by atoms with Gasteiger partial charge in [-0.15, -0.1) is 0 Å². The van der Waals surface area contributed by atoms with Crippen LogP contribution >= 0.6 is 0 Å². The Hall–Kier alpha value is -3.11. The van der Waals surface area contributed by atoms with Crippen LogP contribution in [0.2, 0.25) is 0 Å². The summed E-state index contributed by atoms with van der Waals surface area (Å²) in [7, 11) is 1.27. The third kappa shape index (κ3) is 4.40. The first-order valence-corrected chi connectivity index (χ1v) is 10.7. The van der Waals surface area contributed by atoms with E-state index in [1.807, 2.05) is 12.2 Å². The van der Waals surface area contributed by atoms with Crippen molar-refractivity contribution in [2.45, 2.75) is 32.3 Å². The average Bonchev–Trinajstić information content (AvgIpc) is 3.42. The number of carbonyl (C=O) groups is 3. The van der Waals surface area contributed by atoms with Crippen molar-refractivity contribution < 1.29 is 48.3 Å². The fraction of sp³-hybridized carbons (Fsp3) is 0.522. The van der Waals surface area contributed by atoms with Crippen molar-refractivity contribution in [3.05, 3.63) is 47.0 Å². The number of esters is 3. The Morgan fingerprint density at radius 3 is 1.85 bits per heavy atom. The minimum atomic E-state index is -1.17. The summed E-state index contributed by atoms with van der Waals surface area (Å²) in [6.07, 6.45) is 4.70. The lowest BCUT2D eigenvalue weighted by Gasteiger charge is -2.33. The Bertz CT molecular complexity index is 958. The van der Waals surface area contributed by atoms with E-state index >= 15 is 0 Å². The highest BCUT2D eigenvalue weighted by atomic mass is 16.6. The Balaban J connectivity index is 1.39. The van der Waals surface area contributed by atoms with E-state index in [9.17, 15) is 24.6 Å². The van der Waals surface area contributed by atoms with Crippen molar-refractivity contribution in [1.82, 2.24) is 0 Å². The molecule has 0 aromatic rings. The summed E-state index contributed by atoms with van der Waals surface area (Å²) in [5.41, 5.74) is 1.92. The number of rotatable bonds is 6. The van der Waals surface area contributed by atoms with Crippen molar-refractivity contribution in [3.8, 4) is 0 Å². The van der Waals surface area contributed by atoms with Gasteiger partial charge >= 0.3 is 17.9 Å². The van der Waals surface area contributed by atoms with Crippen LogP contribution in [0, 0.1) is 23.7 Å². The van der Waals surface area contributed by atoms with Crippen LogP contribution in [0.4, 0.5) is 0 Å². The minimum absolute atomic E-state index is 0.0170. The predicted octanol–water partition coefficient (Wildman–Crippen LogP) is 0.856. The fourth-order valence-electron chi connectivity index (χ4n) is 4.92. The van der Waals surface area contributed by atoms with E-state index in [2.05, 4.69) is 0 Å². The molecule has 2 aliphatic heterocycles. The number of aliphatic hydroxyl groups is 2. The van der Waals surface area contributed by atoms with Crippen molar-refractivity contribution in [1.29, 1.82) is 0 Å². The zero-order valence-electron chi connectivity index (χ0n) is 18.3. The van der Waals surface area contributed by atoms with Crippen LogP contribution in [0.1, 0.15) is 19.8 Å². The van der Waals surface area contributed by atoms with Gasteiger partial charge in [-0.05, 0) is 24.0 Å². The zero-order valence-corrected chi connectivity index (χ0v) is 18.3. The molecule has 2 heterocycles. The van der Waals surface area contributed by atoms with Crippen LogP contribution in [0.3, 0.4) is 0 Å². The lowest BCUT2D eigenvalue weighted by molar-refractivity contribution is -0.147. The highest BCUT2D eigenvalue weighted by Gasteiger charge is 2.46. The number of ether oxygens (including phenoxy) is 5. The first-order chi connectivity index (χ1) is 15.8. The van der Waals surface area contributed by atoms with Crippen LogP contribution in [-0.4, -0.2) is 61.0 Å². The van der Waals surface area contributed by atoms with Gasteiger partial charge in [0, 0.05) is 18.8 Å². The molecule has 0 aromatic carbocycles. The van der Waals surface area contributed by atoms with Gasteiger partial charge in [0.1, 0.15) is 13.2 Å². The lowest BCUT2D eigenvalue weighted by Crippen LogP contribution is -2.37. The molecule has 0 radical (unpaired) electrons. The molecule has 0 saturated heterocycles. The first kappa shape index (κ1) is 23.1. The predicted molar refractivity (Wildman–Crippen MR) is 109 cm³/mol. The Morgan fingerprint density at radius 1 is 0.879 bits per heavy atom. The molecule has 0 spiro atoms. The summed E-state index contributed by atoms with van der Waals surface area (Å²) in [5, 5.41) is 20.6. The number of methoxy groups -OCH3 is 1. The SMILES string of the molecule is COC(=O)C1=CO[C@@H](O)[C@@H]2C(COC(=O)C3=CO[C@@H](O)[C@@H]4C(COC(C)=O)=CC[C@H]34)=CC[C@H]12. The van der Waals surface area contributed by atoms with E-state index in [1.54, 1.807) is 0 Å². The number of aliphatic hydroxyl groups excluding tert-OH is 2. The molecule has 4 rings (SSSR count). The molecular formula is C23H26O10. The van der Waals surface area contributed by atoms with E-state index in [0.717, 1.165) is 0 Å². The second-order valence-electron chi connectivity index (χ2n) is 8.34. The fourth-order valence-corrected chi connectivity index (χ4v) is 4.92. The Labute approximate surface area is 190 Å². The van der Waals surface area contributed by atoms with Gasteiger partial charge in [0.05, 0.1) is 42.6 Å². The van der Waals surface area contributed by atoms with Gasteiger partial charge in [-0.1, -0.05) is 12.2 Å². The molecule has 0 amide bonds. The highest BCUT2D eigenvalue weighted by Crippen LogP contribution is 2.44. The first-order valence-electron chi connectivity index (χ1n) is 10.7. The monoisotopic (exact) mass is 462 g/mol. The van der Waals surface area contributed by atoms with Crippen molar-refractivity contribution in [2.24, 2.45) is 23.7 Å². The number of fused-ring (bicyclic) bond motifs is 2. The molecule has 0 aromatic heterocycles. The average molecular weight is 462 g/mol. The summed E-state index contributed by atoms with van der Waals surface area (Å²) < 4.78 is 25.8. The number of carbonyl (C=O) groups excluding carboxylic acids is 3. The highest BCUT2D eigenvalue weighted by molar-refractivity contribution is 5.90. The topological polar surface area (TPSA) is 138 Å². The number of allylic oxidation sites excluding steroid dienone is 2. The lowest BCUT2D eigenvalue weighted by atomic mass is 9.83. The molecule has 10 heteroatoms. The molecule has 0 fully saturated rings. The molecule has 0 saturated carbocycles. The Kier molecular flexibility index (Phi) is 6.57. The number of hydrogen-bond donors (Lipinski definition) is 2. The quantitative estimate of drug-likeness (QED) is 0.332. The van der Waals surface area contributed by atoms with Crippen molar-refractivity contribution in [3.63, 3.8) is 0 Å². The smallest absolute Gasteiger partial charge is 0.337 e. The summed E-state index contributed by atoms with van der Waals surface area (Å²) in [5.74, 6) is -3.33. The summed E-state index contributed by atoms with van der Waals surface area (Å²) >= 11 is 0. The largest absolute Gasteiger partial charge is 0.472 e. The zero-order chi connectivity index (χ0) is 23.7. The molecule has 178 valence electrons. The molecule has 4 aliphatic rings. The third-order valence-corrected chi connectivity index (χ3v) is 6.54. The van der Waals surface area contributed by atoms with Crippen LogP contribution < -0.4 is 0 Å². The van der Waals surface area contributed by atoms with Gasteiger partial charge in [0.25, 0.3) is 0 Å². The van der Waals surface area contributed by atoms with Crippen molar-refractivity contribution in [2.75, 3.05) is 20.3 Å². The standard InChI is InChI=1S/C23H26O10/c1-11(24)30-7-12-3-6-15-17(10-33-22(27)18(12)15)21(26)31-8-13-4-5-14-16(20(25)29-2)9-32-23(28)19(13)14/h3-4,9-10,14-15,18-19,22-23,27-28H,5-8H2,1-2H3/t14-,15-,18-,19-,22-,23-/m1/s1. The van der Waals surface area contributed by atoms with E-state index < -0.39 is 42.3 Å². The van der Waals surface area contributed by atoms with Crippen LogP contribution in [-0.2, 0) is 38.1 Å². The van der Waals surface area contributed by atoms with E-state index in [-0.39, 0.29) is 30.6 Å². The maximum Gasteiger partial charge on any atom is 0.337 e. The second-order valence-corrected chi connectivity index (χ2v) is 8.34. The van der Waals surface area contributed by atoms with Crippen LogP contribution in [0.15, 0.2) is 47.0 Å². The second kappa shape index (κ2) is 9.40. The van der Waals surface area contributed by atoms with Crippen LogP contribution in [0.25, 0.3) is 0 Å². The van der Waals surface area contributed by atoms with Crippen LogP contribution in [0.5, 0.6) is 0 Å². The van der Waals surface area contributed by atoms with E-state index in [0.29, 0.717) is 29.6 Å². The molecule has 0 bridgehead atoms. The van der Waals surface area contributed by atoms with Gasteiger partial charge in [-0.3, -0.25) is 4.79 Å². The third-order valence-electron chi connectivity index (χ3n) is 6.54. The molecule has 33 heavy (non-hydrogen) atoms. The molecule has 2 N–H and O–H groups in total. The van der Waals surface area contributed by atoms with Crippen molar-refractivity contribution >= 4 is 17.9 Å². The van der Waals surface area contributed by atoms with Gasteiger partial charge in [0.15, 0.2) is 0 Å². The van der Waals surface area contributed by atoms with E-state index in [4.69, 9.17) is 23.7 Å². The minimum Gasteiger partial charge on any atom is -0.472 e. The molecule has 6 atom stereocenters. The van der Waals surface area contributed by atoms with Gasteiger partial charge < -0.3 is 33.9 Å². The Morgan fingerprint density at radius 2 is 1.36 bits per heavy atom. The molecule has 10 nitrogen and oxygen atoms in total. The summed E-state index contributed by atoms with van der Waals surface area (Å²) in [4.78, 5) is 36.0. The van der Waals surface area contributed by atoms with Gasteiger partial charge in [-0.2, -0.15) is 0 Å². The molecular weight excluding hydrogens is 436 g/mol. The summed E-state index contributed by atoms with van der Waals surface area (Å²) in [6.45, 7) is 1.22. The molecule has 0 unspecified atom stereocenters. The van der Waals surface area contributed by atoms with E-state index in [1.165, 1.54) is 26.6 Å². The van der Waals surface area contributed by atoms with Gasteiger partial charge in [-0.25, -0.2) is 9.59 Å². The summed E-state index contributed by atoms with van der Waals surface area (Å²) in [6, 6.07) is 0. The normalized spacial score (nSPS) is 32.0. The van der Waals surface area contributed by atoms with Gasteiger partial charge in [0.2, 0.25) is 12.6 Å². The maximum absolute atomic E-state index is 12.9. The molecule has 2 aliphatic carbocycles.